The Labute approximate surface area is 607 Å². The normalized spacial score (nSPS) is 11.7. The maximum Gasteiger partial charge on any atom is 0.213 e. The quantitative estimate of drug-likeness (QED) is 0.0203. The minimum atomic E-state index is -0.722. The molecular weight excluding hydrogens is 1390 g/mol. The fraction of sp³-hybridized carbons (Fsp3) is 0.250. The summed E-state index contributed by atoms with van der Waals surface area (Å²) in [7, 11) is 0. The van der Waals surface area contributed by atoms with Gasteiger partial charge in [0.05, 0.1) is 36.5 Å². The highest BCUT2D eigenvalue weighted by Crippen LogP contribution is 2.30. The van der Waals surface area contributed by atoms with Gasteiger partial charge in [-0.15, -0.1) is 0 Å². The first-order valence-electron chi connectivity index (χ1n) is 33.4. The Kier molecular flexibility index (Phi) is 32.4. The Hall–Kier alpha value is -11.7. The number of nitrogens with one attached hydrogen (secondary N) is 2. The Morgan fingerprint density at radius 2 is 0.670 bits per heavy atom. The van der Waals surface area contributed by atoms with E-state index in [0.29, 0.717) is 13.1 Å². The number of aliphatic imine (C=N–C) groups is 2. The molecule has 26 heteroatoms. The lowest BCUT2D eigenvalue weighted by Gasteiger charge is -2.13. The zero-order valence-electron chi connectivity index (χ0n) is 58.2. The van der Waals surface area contributed by atoms with Gasteiger partial charge in [-0.05, 0) is 167 Å². The summed E-state index contributed by atoms with van der Waals surface area (Å²) < 4.78 is 173. The highest BCUT2D eigenvalue weighted by Gasteiger charge is 2.20. The van der Waals surface area contributed by atoms with Crippen LogP contribution >= 0.6 is 0 Å². The van der Waals surface area contributed by atoms with Crippen LogP contribution in [0.4, 0.5) is 39.5 Å². The van der Waals surface area contributed by atoms with Crippen LogP contribution in [0.1, 0.15) is 113 Å². The minimum Gasteiger partial charge on any atom is -0.486 e. The van der Waals surface area contributed by atoms with E-state index in [1.54, 1.807) is 75.4 Å². The molecule has 0 saturated heterocycles. The van der Waals surface area contributed by atoms with E-state index in [1.165, 1.54) is 84.9 Å². The first kappa shape index (κ1) is 81.6. The summed E-state index contributed by atoms with van der Waals surface area (Å²) in [6, 6.07) is 42.3. The standard InChI is InChI=1S/C28H25F3N2O2.C26H25F3N2O4.C22H13F3N2O2.C2H8N2.C2H6O/c29-22-14-18(24-6-2-12-32-24)8-10-26(22)34-16-20-4-1-5-21(28(20)31)17-35-27-11-9-19(15-23(27)30)25-7-3-13-33-25;1-3-32-25(30)16-8-10-22(20(27)12-16)34-14-18-6-5-7-19(24(18)29)15-35-23-11-9-17(13-21(23)28)26(31)33-4-2;23-18-8-14(10-26)4-6-20(18)28-12-16-2-1-3-17(22(16)25)13-29-21-7-5-15(11-27)9-19(21)24;3-1-2-4;1-2-3/h1,4-5,8-11,14-15H,2-3,6-7,12-13,16-17H2;5-13,30-31H,3-4,14-15H2,1-2H3;1-9H,12-13H2;1-4H2;3H,2H2,1H3. The molecule has 7 N–H and O–H groups in total. The summed E-state index contributed by atoms with van der Waals surface area (Å²) in [5.74, 6) is -6.27. The molecule has 9 aromatic rings. The SMILES string of the molecule is CCO.CCOC(=N)c1ccc(OCc2cccc(COc3ccc(C(=N)OCC)cc3F)c2F)c(F)c1.Fc1cc(C2=NCCC2)ccc1OCc1cccc(COc2ccc(C3=NCCC3)cc2F)c1F.N#Cc1ccc(OCc2cccc(COc3ccc(C#N)cc3F)c2F)c(F)c1.NCCN. The number of aliphatic hydroxyl groups excluding tert-OH is 1. The van der Waals surface area contributed by atoms with Gasteiger partial charge in [-0.1, -0.05) is 54.6 Å². The number of rotatable bonds is 25. The number of aliphatic hydroxyl groups is 1. The van der Waals surface area contributed by atoms with Gasteiger partial charge in [0.2, 0.25) is 11.8 Å². The number of ether oxygens (including phenoxy) is 8. The van der Waals surface area contributed by atoms with Crippen molar-refractivity contribution in [2.45, 2.75) is 86.1 Å². The van der Waals surface area contributed by atoms with Crippen LogP contribution in [0.25, 0.3) is 0 Å². The molecule has 0 spiro atoms. The second-order valence-electron chi connectivity index (χ2n) is 22.8. The molecule has 17 nitrogen and oxygen atoms in total. The van der Waals surface area contributed by atoms with Gasteiger partial charge in [-0.3, -0.25) is 20.8 Å². The zero-order chi connectivity index (χ0) is 76.5. The molecule has 0 amide bonds. The van der Waals surface area contributed by atoms with Crippen LogP contribution in [-0.4, -0.2) is 74.3 Å². The van der Waals surface area contributed by atoms with Gasteiger partial charge < -0.3 is 54.5 Å². The molecule has 0 atom stereocenters. The molecule has 0 aliphatic carbocycles. The van der Waals surface area contributed by atoms with Crippen LogP contribution in [-0.2, 0) is 49.1 Å². The van der Waals surface area contributed by atoms with Crippen molar-refractivity contribution in [1.29, 1.82) is 21.3 Å². The van der Waals surface area contributed by atoms with Crippen LogP contribution in [0.3, 0.4) is 0 Å². The smallest absolute Gasteiger partial charge is 0.213 e. The first-order valence-corrected chi connectivity index (χ1v) is 33.4. The van der Waals surface area contributed by atoms with Crippen molar-refractivity contribution in [3.8, 4) is 46.6 Å². The van der Waals surface area contributed by atoms with E-state index in [0.717, 1.165) is 85.6 Å². The van der Waals surface area contributed by atoms with Gasteiger partial charge in [0.1, 0.15) is 57.1 Å². The van der Waals surface area contributed by atoms with Crippen molar-refractivity contribution in [1.82, 2.24) is 0 Å². The van der Waals surface area contributed by atoms with E-state index in [1.807, 2.05) is 12.1 Å². The zero-order valence-corrected chi connectivity index (χ0v) is 58.2. The predicted octanol–water partition coefficient (Wildman–Crippen LogP) is 16.3. The Morgan fingerprint density at radius 3 is 0.896 bits per heavy atom. The van der Waals surface area contributed by atoms with E-state index >= 15 is 4.39 Å². The number of nitrogens with zero attached hydrogens (tertiary/aromatic N) is 4. The predicted molar refractivity (Wildman–Crippen MR) is 382 cm³/mol. The Morgan fingerprint density at radius 1 is 0.406 bits per heavy atom. The molecule has 2 aliphatic heterocycles. The molecule has 0 radical (unpaired) electrons. The van der Waals surface area contributed by atoms with Gasteiger partial charge in [0, 0.05) is 88.7 Å². The monoisotopic (exact) mass is 1460 g/mol. The van der Waals surface area contributed by atoms with Crippen LogP contribution < -0.4 is 39.9 Å². The molecule has 0 bridgehead atoms. The highest BCUT2D eigenvalue weighted by molar-refractivity contribution is 6.02. The van der Waals surface area contributed by atoms with E-state index < -0.39 is 52.4 Å². The topological polar surface area (TPSA) is 266 Å². The summed E-state index contributed by atoms with van der Waals surface area (Å²) in [4.78, 5) is 8.76. The van der Waals surface area contributed by atoms with Gasteiger partial charge >= 0.3 is 0 Å². The average molecular weight is 1470 g/mol. The molecule has 2 heterocycles. The lowest BCUT2D eigenvalue weighted by molar-refractivity contribution is 0.273. The van der Waals surface area contributed by atoms with Crippen LogP contribution in [0.15, 0.2) is 174 Å². The first-order chi connectivity index (χ1) is 51.3. The van der Waals surface area contributed by atoms with Gasteiger partial charge in [-0.2, -0.15) is 10.5 Å². The van der Waals surface area contributed by atoms with Crippen LogP contribution in [0.2, 0.25) is 0 Å². The molecule has 0 aromatic heterocycles. The van der Waals surface area contributed by atoms with E-state index in [2.05, 4.69) is 9.98 Å². The van der Waals surface area contributed by atoms with Gasteiger partial charge in [0.25, 0.3) is 0 Å². The summed E-state index contributed by atoms with van der Waals surface area (Å²) in [5, 5.41) is 40.5. The fourth-order valence-corrected chi connectivity index (χ4v) is 9.99. The second kappa shape index (κ2) is 42.2. The number of nitrogens with two attached hydrogens (primary N) is 2. The summed E-state index contributed by atoms with van der Waals surface area (Å²) in [6.45, 7) is 7.39. The third kappa shape index (κ3) is 23.9. The summed E-state index contributed by atoms with van der Waals surface area (Å²) >= 11 is 0. The molecule has 0 unspecified atom stereocenters. The largest absolute Gasteiger partial charge is 0.486 e. The fourth-order valence-electron chi connectivity index (χ4n) is 9.99. The third-order valence-corrected chi connectivity index (χ3v) is 15.3. The van der Waals surface area contributed by atoms with E-state index in [4.69, 9.17) is 75.8 Å². The summed E-state index contributed by atoms with van der Waals surface area (Å²) in [6.07, 6.45) is 3.62. The third-order valence-electron chi connectivity index (χ3n) is 15.3. The molecule has 0 fully saturated rings. The average Bonchev–Trinajstić information content (AvgIpc) is 1.05. The Balaban J connectivity index is 0.000000213. The van der Waals surface area contributed by atoms with Crippen molar-refractivity contribution in [2.24, 2.45) is 21.5 Å². The van der Waals surface area contributed by atoms with Crippen molar-refractivity contribution in [3.63, 3.8) is 0 Å². The minimum absolute atomic E-state index is 0.0439. The lowest BCUT2D eigenvalue weighted by atomic mass is 10.1. The lowest BCUT2D eigenvalue weighted by Crippen LogP contribution is -2.11. The van der Waals surface area contributed by atoms with Crippen LogP contribution in [0.5, 0.6) is 34.5 Å². The number of hydrogen-bond donors (Lipinski definition) is 5. The maximum absolute atomic E-state index is 15.0. The van der Waals surface area contributed by atoms with Crippen molar-refractivity contribution < 1.29 is 82.5 Å². The number of halogens is 9. The molecule has 2 aliphatic rings. The molecule has 0 saturated carbocycles. The number of benzene rings is 9. The Bertz CT molecular complexity index is 4350. The molecule has 9 aromatic carbocycles. The molecule has 106 heavy (non-hydrogen) atoms. The van der Waals surface area contributed by atoms with Gasteiger partial charge in [-0.25, -0.2) is 39.5 Å². The van der Waals surface area contributed by atoms with E-state index in [-0.39, 0.29) is 161 Å². The maximum atomic E-state index is 15.0. The van der Waals surface area contributed by atoms with Crippen molar-refractivity contribution >= 4 is 23.2 Å². The molecule has 554 valence electrons. The van der Waals surface area contributed by atoms with E-state index in [9.17, 15) is 35.1 Å². The second-order valence-corrected chi connectivity index (χ2v) is 22.8. The number of hydrogen-bond acceptors (Lipinski definition) is 17. The van der Waals surface area contributed by atoms with Crippen molar-refractivity contribution in [2.75, 3.05) is 46.0 Å². The molecule has 11 rings (SSSR count). The van der Waals surface area contributed by atoms with Crippen molar-refractivity contribution in [3.05, 3.63) is 283 Å². The van der Waals surface area contributed by atoms with Gasteiger partial charge in [0.15, 0.2) is 69.4 Å². The summed E-state index contributed by atoms with van der Waals surface area (Å²) in [5.41, 5.74) is 15.1. The highest BCUT2D eigenvalue weighted by atomic mass is 19.2. The molecular formula is C80H77F9N8O9. The van der Waals surface area contributed by atoms with Crippen LogP contribution in [0, 0.1) is 85.8 Å². The number of nitriles is 2.